The molecule has 1 aromatic carbocycles. The zero-order chi connectivity index (χ0) is 21.2. The van der Waals surface area contributed by atoms with Crippen molar-refractivity contribution in [3.8, 4) is 5.69 Å². The monoisotopic (exact) mass is 398 g/mol. The van der Waals surface area contributed by atoms with E-state index in [1.165, 1.54) is 0 Å². The number of carbonyl (C=O) groups excluding carboxylic acids is 2. The van der Waals surface area contributed by atoms with Crippen LogP contribution in [0, 0.1) is 0 Å². The lowest BCUT2D eigenvalue weighted by atomic mass is 10.1. The molecular weight excluding hydrogens is 368 g/mol. The van der Waals surface area contributed by atoms with Crippen molar-refractivity contribution in [2.45, 2.75) is 59.6 Å². The van der Waals surface area contributed by atoms with E-state index >= 15 is 0 Å². The highest BCUT2D eigenvalue weighted by Crippen LogP contribution is 2.34. The topological polar surface area (TPSA) is 67.7 Å². The number of urea groups is 1. The normalized spacial score (nSPS) is 12.9. The van der Waals surface area contributed by atoms with Gasteiger partial charge in [-0.3, -0.25) is 9.47 Å². The van der Waals surface area contributed by atoms with E-state index in [1.807, 2.05) is 54.5 Å². The number of carbonyl (C=O) groups is 2. The zero-order valence-corrected chi connectivity index (χ0v) is 17.9. The number of hydrogen-bond donors (Lipinski definition) is 0. The standard InChI is InChI=1S/C22H30N4O3/c1-6-12-24(13-7-2)21(28)25-14-18-19(20(27)29-22(3,4)5)23-15-26(18)17-11-9-8-10-16(17)25/h8-11,15H,6-7,12-14H2,1-5H3. The van der Waals surface area contributed by atoms with E-state index in [1.54, 1.807) is 11.2 Å². The van der Waals surface area contributed by atoms with Crippen LogP contribution in [0.3, 0.4) is 0 Å². The molecule has 0 aliphatic carbocycles. The molecular formula is C22H30N4O3. The summed E-state index contributed by atoms with van der Waals surface area (Å²) in [6.07, 6.45) is 3.41. The largest absolute Gasteiger partial charge is 0.455 e. The van der Waals surface area contributed by atoms with E-state index in [4.69, 9.17) is 4.74 Å². The summed E-state index contributed by atoms with van der Waals surface area (Å²) in [7, 11) is 0. The van der Waals surface area contributed by atoms with E-state index in [9.17, 15) is 9.59 Å². The molecule has 0 radical (unpaired) electrons. The van der Waals surface area contributed by atoms with Gasteiger partial charge in [0, 0.05) is 13.1 Å². The van der Waals surface area contributed by atoms with Gasteiger partial charge in [0.15, 0.2) is 5.69 Å². The van der Waals surface area contributed by atoms with Crippen molar-refractivity contribution >= 4 is 17.7 Å². The van der Waals surface area contributed by atoms with Crippen LogP contribution in [-0.2, 0) is 11.3 Å². The van der Waals surface area contributed by atoms with Crippen molar-refractivity contribution in [3.05, 3.63) is 42.0 Å². The minimum Gasteiger partial charge on any atom is -0.455 e. The summed E-state index contributed by atoms with van der Waals surface area (Å²) >= 11 is 0. The van der Waals surface area contributed by atoms with Crippen LogP contribution in [0.2, 0.25) is 0 Å². The van der Waals surface area contributed by atoms with Crippen LogP contribution in [0.5, 0.6) is 0 Å². The van der Waals surface area contributed by atoms with Gasteiger partial charge in [-0.1, -0.05) is 26.0 Å². The molecule has 0 fully saturated rings. The Kier molecular flexibility index (Phi) is 5.96. The number of para-hydroxylation sites is 2. The maximum atomic E-state index is 13.4. The Labute approximate surface area is 172 Å². The predicted molar refractivity (Wildman–Crippen MR) is 112 cm³/mol. The molecule has 2 heterocycles. The van der Waals surface area contributed by atoms with Gasteiger partial charge in [-0.05, 0) is 45.7 Å². The lowest BCUT2D eigenvalue weighted by molar-refractivity contribution is 0.00619. The quantitative estimate of drug-likeness (QED) is 0.701. The third-order valence-electron chi connectivity index (χ3n) is 4.69. The van der Waals surface area contributed by atoms with Crippen LogP contribution in [0.4, 0.5) is 10.5 Å². The minimum atomic E-state index is -0.616. The molecule has 0 saturated heterocycles. The second-order valence-electron chi connectivity index (χ2n) is 8.26. The van der Waals surface area contributed by atoms with Crippen LogP contribution < -0.4 is 4.90 Å². The number of imidazole rings is 1. The average Bonchev–Trinajstić information content (AvgIpc) is 3.09. The van der Waals surface area contributed by atoms with Crippen LogP contribution in [0.15, 0.2) is 30.6 Å². The lowest BCUT2D eigenvalue weighted by Crippen LogP contribution is -2.45. The Bertz CT molecular complexity index is 892. The molecule has 2 aromatic rings. The maximum Gasteiger partial charge on any atom is 0.359 e. The Morgan fingerprint density at radius 2 is 1.72 bits per heavy atom. The molecule has 7 nitrogen and oxygen atoms in total. The Balaban J connectivity index is 2.02. The number of ether oxygens (including phenoxy) is 1. The minimum absolute atomic E-state index is 0.0521. The number of aromatic nitrogens is 2. The highest BCUT2D eigenvalue weighted by molar-refractivity contribution is 5.96. The van der Waals surface area contributed by atoms with Gasteiger partial charge < -0.3 is 9.64 Å². The van der Waals surface area contributed by atoms with Crippen molar-refractivity contribution in [1.82, 2.24) is 14.5 Å². The third-order valence-corrected chi connectivity index (χ3v) is 4.69. The first-order valence-electron chi connectivity index (χ1n) is 10.2. The predicted octanol–water partition coefficient (Wildman–Crippen LogP) is 4.39. The number of benzene rings is 1. The molecule has 1 aliphatic rings. The third kappa shape index (κ3) is 4.28. The van der Waals surface area contributed by atoms with Gasteiger partial charge in [0.05, 0.1) is 23.6 Å². The van der Waals surface area contributed by atoms with E-state index in [2.05, 4.69) is 18.8 Å². The van der Waals surface area contributed by atoms with E-state index in [0.29, 0.717) is 18.8 Å². The first-order chi connectivity index (χ1) is 13.8. The molecule has 1 aromatic heterocycles. The Morgan fingerprint density at radius 1 is 1.10 bits per heavy atom. The van der Waals surface area contributed by atoms with Crippen LogP contribution in [0.1, 0.15) is 63.6 Å². The van der Waals surface area contributed by atoms with E-state index in [0.717, 1.165) is 24.2 Å². The number of fused-ring (bicyclic) bond motifs is 3. The summed E-state index contributed by atoms with van der Waals surface area (Å²) < 4.78 is 7.41. The SMILES string of the molecule is CCCN(CCC)C(=O)N1Cc2c(C(=O)OC(C)(C)C)ncn2-c2ccccc21. The summed E-state index contributed by atoms with van der Waals surface area (Å²) in [6.45, 7) is 11.3. The van der Waals surface area contributed by atoms with Gasteiger partial charge in [0.1, 0.15) is 11.9 Å². The number of nitrogens with zero attached hydrogens (tertiary/aromatic N) is 4. The van der Waals surface area contributed by atoms with Crippen LogP contribution in [-0.4, -0.2) is 45.1 Å². The van der Waals surface area contributed by atoms with Gasteiger partial charge in [0.2, 0.25) is 0 Å². The van der Waals surface area contributed by atoms with Crippen molar-refractivity contribution in [1.29, 1.82) is 0 Å². The second-order valence-corrected chi connectivity index (χ2v) is 8.26. The average molecular weight is 399 g/mol. The van der Waals surface area contributed by atoms with Crippen molar-refractivity contribution in [2.24, 2.45) is 0 Å². The summed E-state index contributed by atoms with van der Waals surface area (Å²) in [5.41, 5.74) is 1.95. The number of esters is 1. The fourth-order valence-corrected chi connectivity index (χ4v) is 3.54. The molecule has 2 amide bonds. The molecule has 0 unspecified atom stereocenters. The highest BCUT2D eigenvalue weighted by atomic mass is 16.6. The summed E-state index contributed by atoms with van der Waals surface area (Å²) in [6, 6.07) is 7.64. The molecule has 29 heavy (non-hydrogen) atoms. The molecule has 0 atom stereocenters. The van der Waals surface area contributed by atoms with E-state index < -0.39 is 11.6 Å². The number of rotatable bonds is 5. The molecule has 0 N–H and O–H groups in total. The molecule has 0 spiro atoms. The van der Waals surface area contributed by atoms with Crippen molar-refractivity contribution in [2.75, 3.05) is 18.0 Å². The fourth-order valence-electron chi connectivity index (χ4n) is 3.54. The van der Waals surface area contributed by atoms with Gasteiger partial charge in [-0.25, -0.2) is 14.6 Å². The van der Waals surface area contributed by atoms with Gasteiger partial charge >= 0.3 is 12.0 Å². The molecule has 7 heteroatoms. The highest BCUT2D eigenvalue weighted by Gasteiger charge is 2.33. The summed E-state index contributed by atoms with van der Waals surface area (Å²) in [5, 5.41) is 0. The Morgan fingerprint density at radius 3 is 2.31 bits per heavy atom. The fraction of sp³-hybridized carbons (Fsp3) is 0.500. The van der Waals surface area contributed by atoms with Crippen LogP contribution >= 0.6 is 0 Å². The zero-order valence-electron chi connectivity index (χ0n) is 17.9. The molecule has 0 saturated carbocycles. The van der Waals surface area contributed by atoms with Crippen LogP contribution in [0.25, 0.3) is 5.69 Å². The first-order valence-corrected chi connectivity index (χ1v) is 10.2. The van der Waals surface area contributed by atoms with E-state index in [-0.39, 0.29) is 18.3 Å². The number of hydrogen-bond acceptors (Lipinski definition) is 4. The summed E-state index contributed by atoms with van der Waals surface area (Å²) in [4.78, 5) is 34.0. The number of anilines is 1. The summed E-state index contributed by atoms with van der Waals surface area (Å²) in [5.74, 6) is -0.475. The van der Waals surface area contributed by atoms with Gasteiger partial charge in [-0.15, -0.1) is 0 Å². The smallest absolute Gasteiger partial charge is 0.359 e. The maximum absolute atomic E-state index is 13.4. The van der Waals surface area contributed by atoms with Crippen molar-refractivity contribution in [3.63, 3.8) is 0 Å². The lowest BCUT2D eigenvalue weighted by Gasteiger charge is -2.35. The molecule has 0 bridgehead atoms. The molecule has 156 valence electrons. The Hall–Kier alpha value is -2.83. The van der Waals surface area contributed by atoms with Gasteiger partial charge in [0.25, 0.3) is 0 Å². The molecule has 1 aliphatic heterocycles. The first kappa shape index (κ1) is 20.9. The molecule has 3 rings (SSSR count). The van der Waals surface area contributed by atoms with Crippen molar-refractivity contribution < 1.29 is 14.3 Å². The number of amides is 2. The van der Waals surface area contributed by atoms with Gasteiger partial charge in [-0.2, -0.15) is 0 Å². The second kappa shape index (κ2) is 8.27.